The lowest BCUT2D eigenvalue weighted by molar-refractivity contribution is 0.0496. The molecule has 4 aliphatic heterocycles. The molecule has 16 heteroatoms. The van der Waals surface area contributed by atoms with Crippen LogP contribution in [0, 0.1) is 5.41 Å². The number of nitrogens with zero attached hydrogens (tertiary/aromatic N) is 4. The minimum Gasteiger partial charge on any atom is -0.497 e. The number of amides is 4. The predicted octanol–water partition coefficient (Wildman–Crippen LogP) is 7.73. The van der Waals surface area contributed by atoms with E-state index in [1.807, 2.05) is 30.5 Å². The summed E-state index contributed by atoms with van der Waals surface area (Å²) in [5.41, 5.74) is 2.95. The number of carbonyl (C=O) groups excluding carboxylic acids is 4. The number of hydrogen-bond donors (Lipinski definition) is 1. The Morgan fingerprint density at radius 1 is 0.803 bits per heavy atom. The van der Waals surface area contributed by atoms with E-state index in [-0.39, 0.29) is 72.6 Å². The molecule has 0 bridgehead atoms. The number of anilines is 2. The number of methoxy groups -OCH3 is 2. The Balaban J connectivity index is 0.880. The van der Waals surface area contributed by atoms with Gasteiger partial charge >= 0.3 is 12.2 Å². The lowest BCUT2D eigenvalue weighted by Gasteiger charge is -2.31. The van der Waals surface area contributed by atoms with E-state index in [1.54, 1.807) is 41.2 Å². The maximum Gasteiger partial charge on any atom is 0.416 e. The van der Waals surface area contributed by atoms with Crippen molar-refractivity contribution in [1.29, 1.82) is 0 Å². The summed E-state index contributed by atoms with van der Waals surface area (Å²) in [6, 6.07) is 13.2. The third-order valence-corrected chi connectivity index (χ3v) is 13.2. The molecule has 1 N–H and O–H groups in total. The van der Waals surface area contributed by atoms with Gasteiger partial charge in [0.2, 0.25) is 0 Å². The number of aliphatic hydroxyl groups excluding tert-OH is 1. The van der Waals surface area contributed by atoms with E-state index in [4.69, 9.17) is 33.2 Å². The van der Waals surface area contributed by atoms with Crippen LogP contribution in [0.5, 0.6) is 28.7 Å². The van der Waals surface area contributed by atoms with Crippen LogP contribution in [0.3, 0.4) is 0 Å². The molecule has 16 nitrogen and oxygen atoms in total. The largest absolute Gasteiger partial charge is 0.497 e. The highest BCUT2D eigenvalue weighted by Gasteiger charge is 2.58. The third kappa shape index (κ3) is 8.85. The van der Waals surface area contributed by atoms with Gasteiger partial charge in [-0.15, -0.1) is 0 Å². The summed E-state index contributed by atoms with van der Waals surface area (Å²) in [5.74, 6) is 1.65. The summed E-state index contributed by atoms with van der Waals surface area (Å²) >= 11 is 0. The number of benzene rings is 3. The average molecular weight is 905 g/mol. The monoisotopic (exact) mass is 904 g/mol. The van der Waals surface area contributed by atoms with Crippen molar-refractivity contribution in [2.75, 3.05) is 63.5 Å². The molecule has 4 heterocycles. The number of ether oxygens (including phenoxy) is 7. The standard InChI is InChI=1S/C50H56N4O12/c1-5-18-64-48(58)52-29-33-22-32(31-10-12-34(60-3)13-11-31)28-51(33)45(55)36-23-41(61-4)42(25-38(36)52)62-20-8-7-9-21-63-43-26-39-37(24-44(43)66-35-14-15-35)46(56)53-30-50(16-17-50)27-40(53)47(57)54(39)49(59)65-19-6-2/h5-6,10-13,23-26,28,33,35,40,47,57H,1-2,7-9,14-22,27,29-30H2,3-4H3/t33-,40-,47?/m0/s1. The van der Waals surface area contributed by atoms with E-state index in [0.717, 1.165) is 42.6 Å². The molecular weight excluding hydrogens is 849 g/mol. The van der Waals surface area contributed by atoms with E-state index >= 15 is 0 Å². The molecule has 3 aromatic rings. The lowest BCUT2D eigenvalue weighted by atomic mass is 10.0. The fourth-order valence-corrected chi connectivity index (χ4v) is 9.33. The number of fused-ring (bicyclic) bond motifs is 4. The van der Waals surface area contributed by atoms with Crippen LogP contribution in [-0.2, 0) is 9.47 Å². The van der Waals surface area contributed by atoms with Crippen LogP contribution in [0.2, 0.25) is 0 Å². The summed E-state index contributed by atoms with van der Waals surface area (Å²) in [6.07, 6.45) is 8.85. The van der Waals surface area contributed by atoms with Gasteiger partial charge in [0.1, 0.15) is 19.0 Å². The maximum atomic E-state index is 14.3. The number of unbranched alkanes of at least 4 members (excludes halogenated alkanes) is 2. The molecule has 3 fully saturated rings. The molecule has 3 aromatic carbocycles. The summed E-state index contributed by atoms with van der Waals surface area (Å²) in [5, 5.41) is 11.7. The van der Waals surface area contributed by atoms with Crippen LogP contribution in [-0.4, -0.2) is 117 Å². The first-order valence-corrected chi connectivity index (χ1v) is 22.7. The molecule has 9 rings (SSSR count). The van der Waals surface area contributed by atoms with Gasteiger partial charge < -0.3 is 48.1 Å². The van der Waals surface area contributed by atoms with Crippen molar-refractivity contribution in [2.45, 2.75) is 82.2 Å². The molecule has 0 aromatic heterocycles. The first kappa shape index (κ1) is 44.5. The molecule has 348 valence electrons. The second-order valence-electron chi connectivity index (χ2n) is 17.7. The molecule has 6 aliphatic rings. The van der Waals surface area contributed by atoms with Gasteiger partial charge in [-0.1, -0.05) is 37.4 Å². The van der Waals surface area contributed by atoms with Crippen molar-refractivity contribution in [1.82, 2.24) is 9.80 Å². The quantitative estimate of drug-likeness (QED) is 0.104. The van der Waals surface area contributed by atoms with Crippen LogP contribution >= 0.6 is 0 Å². The zero-order chi connectivity index (χ0) is 46.1. The highest BCUT2D eigenvalue weighted by molar-refractivity contribution is 6.07. The summed E-state index contributed by atoms with van der Waals surface area (Å²) in [4.78, 5) is 61.6. The van der Waals surface area contributed by atoms with E-state index in [1.165, 1.54) is 29.1 Å². The van der Waals surface area contributed by atoms with Gasteiger partial charge in [-0.05, 0) is 98.6 Å². The maximum absolute atomic E-state index is 14.3. The number of aliphatic hydroxyl groups is 1. The van der Waals surface area contributed by atoms with Gasteiger partial charge in [0, 0.05) is 24.9 Å². The first-order valence-electron chi connectivity index (χ1n) is 22.7. The first-order chi connectivity index (χ1) is 32.0. The zero-order valence-electron chi connectivity index (χ0n) is 37.4. The molecule has 2 saturated carbocycles. The highest BCUT2D eigenvalue weighted by atomic mass is 16.6. The van der Waals surface area contributed by atoms with Crippen molar-refractivity contribution in [2.24, 2.45) is 5.41 Å². The molecule has 66 heavy (non-hydrogen) atoms. The minimum absolute atomic E-state index is 0.00143. The summed E-state index contributed by atoms with van der Waals surface area (Å²) < 4.78 is 40.9. The van der Waals surface area contributed by atoms with Crippen LogP contribution in [0.4, 0.5) is 21.0 Å². The van der Waals surface area contributed by atoms with Crippen LogP contribution in [0.25, 0.3) is 5.57 Å². The number of rotatable bonds is 17. The minimum atomic E-state index is -1.32. The molecule has 0 radical (unpaired) electrons. The van der Waals surface area contributed by atoms with Gasteiger partial charge in [0.15, 0.2) is 29.2 Å². The Labute approximate surface area is 383 Å². The molecule has 1 unspecified atom stereocenters. The summed E-state index contributed by atoms with van der Waals surface area (Å²) in [7, 11) is 3.11. The summed E-state index contributed by atoms with van der Waals surface area (Å²) in [6.45, 7) is 8.55. The highest BCUT2D eigenvalue weighted by Crippen LogP contribution is 2.57. The van der Waals surface area contributed by atoms with Gasteiger partial charge in [0.05, 0.1) is 74.7 Å². The third-order valence-electron chi connectivity index (χ3n) is 13.2. The van der Waals surface area contributed by atoms with Crippen molar-refractivity contribution in [3.05, 3.63) is 96.7 Å². The van der Waals surface area contributed by atoms with Gasteiger partial charge in [0.25, 0.3) is 11.8 Å². The molecule has 1 spiro atoms. The molecule has 2 aliphatic carbocycles. The van der Waals surface area contributed by atoms with Gasteiger partial charge in [-0.3, -0.25) is 14.5 Å². The second kappa shape index (κ2) is 18.7. The van der Waals surface area contributed by atoms with E-state index in [2.05, 4.69) is 13.2 Å². The van der Waals surface area contributed by atoms with Crippen molar-refractivity contribution >= 4 is 40.9 Å². The fourth-order valence-electron chi connectivity index (χ4n) is 9.33. The van der Waals surface area contributed by atoms with Crippen LogP contribution in [0.15, 0.2) is 80.0 Å². The number of carbonyl (C=O) groups is 4. The van der Waals surface area contributed by atoms with Gasteiger partial charge in [-0.25, -0.2) is 14.5 Å². The van der Waals surface area contributed by atoms with Crippen molar-refractivity contribution < 1.29 is 57.4 Å². The van der Waals surface area contributed by atoms with Gasteiger partial charge in [-0.2, -0.15) is 0 Å². The topological polar surface area (TPSA) is 166 Å². The Kier molecular flexibility index (Phi) is 12.6. The molecule has 1 saturated heterocycles. The fraction of sp³-hybridized carbons (Fsp3) is 0.440. The normalized spacial score (nSPS) is 21.1. The predicted molar refractivity (Wildman–Crippen MR) is 244 cm³/mol. The zero-order valence-corrected chi connectivity index (χ0v) is 37.4. The van der Waals surface area contributed by atoms with Crippen molar-refractivity contribution in [3.63, 3.8) is 0 Å². The molecular formula is C50H56N4O12. The number of hydrogen-bond acceptors (Lipinski definition) is 12. The Morgan fingerprint density at radius 2 is 1.45 bits per heavy atom. The van der Waals surface area contributed by atoms with Crippen LogP contribution < -0.4 is 33.5 Å². The Hall–Kier alpha value is -6.68. The van der Waals surface area contributed by atoms with Crippen LogP contribution in [0.1, 0.15) is 84.1 Å². The van der Waals surface area contributed by atoms with E-state index in [9.17, 15) is 24.3 Å². The van der Waals surface area contributed by atoms with Crippen molar-refractivity contribution in [3.8, 4) is 28.7 Å². The molecule has 4 amide bonds. The van der Waals surface area contributed by atoms with E-state index < -0.39 is 24.5 Å². The Bertz CT molecular complexity index is 2430. The average Bonchev–Trinajstić information content (AvgIpc) is 4.24. The molecule has 3 atom stereocenters. The lowest BCUT2D eigenvalue weighted by Crippen LogP contribution is -2.50. The smallest absolute Gasteiger partial charge is 0.416 e. The Morgan fingerprint density at radius 3 is 2.11 bits per heavy atom. The SMILES string of the molecule is C=CCOC(=O)N1C[C@@H]2CC(c3ccc(OC)cc3)=CN2C(=O)c2cc(OC)c(OCCCCCOc3cc4c(cc3OC3CC3)C(=O)N3CC5(CC5)C[C@H]3C(O)N4C(=O)OCC=C)cc21. The van der Waals surface area contributed by atoms with E-state index in [0.29, 0.717) is 73.9 Å². The second-order valence-corrected chi connectivity index (χ2v) is 17.7.